The molecular formula is C14H18ClNO3S. The van der Waals surface area contributed by atoms with E-state index >= 15 is 0 Å². The molecule has 2 fully saturated rings. The highest BCUT2D eigenvalue weighted by atomic mass is 35.5. The molecule has 3 aliphatic rings. The summed E-state index contributed by atoms with van der Waals surface area (Å²) in [5, 5.41) is 13.5. The average molecular weight is 316 g/mol. The number of alkyl halides is 1. The van der Waals surface area contributed by atoms with Crippen LogP contribution in [0.4, 0.5) is 0 Å². The second kappa shape index (κ2) is 5.35. The Morgan fingerprint density at radius 1 is 1.55 bits per heavy atom. The summed E-state index contributed by atoms with van der Waals surface area (Å²) in [6, 6.07) is -0.267. The zero-order valence-corrected chi connectivity index (χ0v) is 12.6. The molecule has 1 aliphatic carbocycles. The fraction of sp³-hybridized carbons (Fsp3) is 0.714. The van der Waals surface area contributed by atoms with Gasteiger partial charge in [-0.1, -0.05) is 23.9 Å². The van der Waals surface area contributed by atoms with E-state index in [-0.39, 0.29) is 28.9 Å². The van der Waals surface area contributed by atoms with E-state index in [1.807, 2.05) is 6.08 Å². The van der Waals surface area contributed by atoms with Gasteiger partial charge in [-0.3, -0.25) is 9.59 Å². The first kappa shape index (κ1) is 14.4. The highest BCUT2D eigenvalue weighted by molar-refractivity contribution is 8.16. The number of β-lactam (4-membered cyclic amide) rings is 1. The van der Waals surface area contributed by atoms with Crippen LogP contribution in [0.25, 0.3) is 0 Å². The van der Waals surface area contributed by atoms with Crippen molar-refractivity contribution in [3.63, 3.8) is 0 Å². The number of rotatable bonds is 4. The van der Waals surface area contributed by atoms with E-state index in [1.54, 1.807) is 0 Å². The zero-order chi connectivity index (χ0) is 14.3. The summed E-state index contributed by atoms with van der Waals surface area (Å²) >= 11 is 6.77. The van der Waals surface area contributed by atoms with Crippen molar-refractivity contribution >= 4 is 34.4 Å². The summed E-state index contributed by atoms with van der Waals surface area (Å²) < 4.78 is -0.986. The number of hydrogen-bond acceptors (Lipinski definition) is 4. The van der Waals surface area contributed by atoms with Gasteiger partial charge in [-0.2, -0.15) is 0 Å². The molecule has 4 nitrogen and oxygen atoms in total. The quantitative estimate of drug-likeness (QED) is 0.468. The standard InChI is InChI=1S/C14H18ClNO3S/c15-7-6-9-10-14(13(19)16-10,20-12(9)18)11(17)8-4-2-1-3-5-8/h2,4,8-11,17H,1,3,5-7H2,(H,16,19)/t8-,9?,10+,11+,14+/m1/s1. The van der Waals surface area contributed by atoms with Crippen molar-refractivity contribution < 1.29 is 14.7 Å². The van der Waals surface area contributed by atoms with Gasteiger partial charge in [0.2, 0.25) is 5.91 Å². The molecule has 110 valence electrons. The Morgan fingerprint density at radius 3 is 2.95 bits per heavy atom. The molecule has 0 aromatic heterocycles. The fourth-order valence-electron chi connectivity index (χ4n) is 3.51. The molecule has 5 atom stereocenters. The molecule has 0 saturated carbocycles. The number of nitrogens with one attached hydrogen (secondary N) is 1. The van der Waals surface area contributed by atoms with Gasteiger partial charge in [0, 0.05) is 11.8 Å². The number of amides is 1. The van der Waals surface area contributed by atoms with Crippen molar-refractivity contribution in [1.82, 2.24) is 5.32 Å². The number of thioether (sulfide) groups is 1. The van der Waals surface area contributed by atoms with Crippen LogP contribution in [0.3, 0.4) is 0 Å². The van der Waals surface area contributed by atoms with Gasteiger partial charge in [-0.25, -0.2) is 0 Å². The summed E-state index contributed by atoms with van der Waals surface area (Å²) in [5.41, 5.74) is 0. The van der Waals surface area contributed by atoms with E-state index < -0.39 is 10.9 Å². The lowest BCUT2D eigenvalue weighted by molar-refractivity contribution is -0.140. The van der Waals surface area contributed by atoms with Gasteiger partial charge in [0.25, 0.3) is 0 Å². The van der Waals surface area contributed by atoms with Crippen LogP contribution in [0.15, 0.2) is 12.2 Å². The first-order valence-corrected chi connectivity index (χ1v) is 8.41. The van der Waals surface area contributed by atoms with Gasteiger partial charge in [0.05, 0.1) is 18.1 Å². The summed E-state index contributed by atoms with van der Waals surface area (Å²) in [6.45, 7) is 0. The molecule has 20 heavy (non-hydrogen) atoms. The van der Waals surface area contributed by atoms with Gasteiger partial charge in [0.15, 0.2) is 5.12 Å². The Bertz CT molecular complexity index is 469. The fourth-order valence-corrected chi connectivity index (χ4v) is 5.28. The van der Waals surface area contributed by atoms with Crippen molar-refractivity contribution in [2.75, 3.05) is 5.88 Å². The largest absolute Gasteiger partial charge is 0.390 e. The number of halogens is 1. The van der Waals surface area contributed by atoms with Crippen LogP contribution >= 0.6 is 23.4 Å². The molecule has 2 saturated heterocycles. The summed E-state index contributed by atoms with van der Waals surface area (Å²) in [6.07, 6.45) is 6.70. The van der Waals surface area contributed by atoms with E-state index in [4.69, 9.17) is 11.6 Å². The zero-order valence-electron chi connectivity index (χ0n) is 11.0. The summed E-state index contributed by atoms with van der Waals surface area (Å²) in [5.74, 6) is -0.118. The Hall–Kier alpha value is -0.520. The predicted octanol–water partition coefficient (Wildman–Crippen LogP) is 1.46. The maximum Gasteiger partial charge on any atom is 0.241 e. The minimum absolute atomic E-state index is 0.0205. The molecule has 0 bridgehead atoms. The normalized spacial score (nSPS) is 41.0. The first-order valence-electron chi connectivity index (χ1n) is 7.05. The molecule has 1 unspecified atom stereocenters. The molecule has 6 heteroatoms. The van der Waals surface area contributed by atoms with Crippen LogP contribution in [0.1, 0.15) is 25.7 Å². The van der Waals surface area contributed by atoms with Gasteiger partial charge in [-0.05, 0) is 25.7 Å². The molecule has 2 heterocycles. The second-order valence-electron chi connectivity index (χ2n) is 5.72. The molecule has 3 rings (SSSR count). The molecular weight excluding hydrogens is 298 g/mol. The minimum atomic E-state index is -0.986. The lowest BCUT2D eigenvalue weighted by atomic mass is 9.72. The van der Waals surface area contributed by atoms with E-state index in [0.717, 1.165) is 31.0 Å². The van der Waals surface area contributed by atoms with Crippen LogP contribution in [0, 0.1) is 11.8 Å². The number of carbonyl (C=O) groups is 2. The molecule has 0 radical (unpaired) electrons. The van der Waals surface area contributed by atoms with Gasteiger partial charge in [-0.15, -0.1) is 11.6 Å². The van der Waals surface area contributed by atoms with Crippen molar-refractivity contribution in [2.24, 2.45) is 11.8 Å². The topological polar surface area (TPSA) is 66.4 Å². The Kier molecular flexibility index (Phi) is 3.86. The number of allylic oxidation sites excluding steroid dienone is 1. The van der Waals surface area contributed by atoms with Gasteiger partial charge < -0.3 is 10.4 Å². The summed E-state index contributed by atoms with van der Waals surface area (Å²) in [4.78, 5) is 24.3. The smallest absolute Gasteiger partial charge is 0.241 e. The molecule has 0 spiro atoms. The molecule has 2 N–H and O–H groups in total. The summed E-state index contributed by atoms with van der Waals surface area (Å²) in [7, 11) is 0. The maximum absolute atomic E-state index is 12.1. The minimum Gasteiger partial charge on any atom is -0.390 e. The van der Waals surface area contributed by atoms with Crippen molar-refractivity contribution in [1.29, 1.82) is 0 Å². The number of aliphatic hydroxyl groups excluding tert-OH is 1. The third-order valence-electron chi connectivity index (χ3n) is 4.63. The van der Waals surface area contributed by atoms with Gasteiger partial charge >= 0.3 is 0 Å². The lowest BCUT2D eigenvalue weighted by Gasteiger charge is -2.48. The third-order valence-corrected chi connectivity index (χ3v) is 6.38. The van der Waals surface area contributed by atoms with Crippen molar-refractivity contribution in [3.05, 3.63) is 12.2 Å². The predicted molar refractivity (Wildman–Crippen MR) is 78.6 cm³/mol. The van der Waals surface area contributed by atoms with Crippen LogP contribution < -0.4 is 5.32 Å². The van der Waals surface area contributed by atoms with Crippen LogP contribution in [-0.2, 0) is 9.59 Å². The Morgan fingerprint density at radius 2 is 2.35 bits per heavy atom. The molecule has 1 amide bonds. The van der Waals surface area contributed by atoms with Crippen molar-refractivity contribution in [3.8, 4) is 0 Å². The van der Waals surface area contributed by atoms with Crippen molar-refractivity contribution in [2.45, 2.75) is 42.6 Å². The highest BCUT2D eigenvalue weighted by Gasteiger charge is 2.70. The highest BCUT2D eigenvalue weighted by Crippen LogP contribution is 2.53. The number of fused-ring (bicyclic) bond motifs is 1. The SMILES string of the molecule is O=C1S[C@@]2([C@@H](O)[C@@H]3C=CCCC3)C(=O)N[C@H]2C1CCCl. The Balaban J connectivity index is 1.86. The second-order valence-corrected chi connectivity index (χ2v) is 7.38. The molecule has 0 aromatic rings. The first-order chi connectivity index (χ1) is 9.61. The number of aliphatic hydroxyl groups is 1. The van der Waals surface area contributed by atoms with Crippen LogP contribution in [-0.4, -0.2) is 38.9 Å². The average Bonchev–Trinajstić information content (AvgIpc) is 2.69. The van der Waals surface area contributed by atoms with E-state index in [0.29, 0.717) is 12.3 Å². The molecule has 0 aromatic carbocycles. The third kappa shape index (κ3) is 1.94. The van der Waals surface area contributed by atoms with E-state index in [9.17, 15) is 14.7 Å². The van der Waals surface area contributed by atoms with Crippen LogP contribution in [0.5, 0.6) is 0 Å². The number of carbonyl (C=O) groups excluding carboxylic acids is 2. The molecule has 2 aliphatic heterocycles. The Labute approximate surface area is 127 Å². The van der Waals surface area contributed by atoms with E-state index in [1.165, 1.54) is 0 Å². The van der Waals surface area contributed by atoms with E-state index in [2.05, 4.69) is 11.4 Å². The number of hydrogen-bond donors (Lipinski definition) is 2. The lowest BCUT2D eigenvalue weighted by Crippen LogP contribution is -2.75. The van der Waals surface area contributed by atoms with Crippen LogP contribution in [0.2, 0.25) is 0 Å². The monoisotopic (exact) mass is 315 g/mol. The van der Waals surface area contributed by atoms with Gasteiger partial charge in [0.1, 0.15) is 4.75 Å². The maximum atomic E-state index is 12.1.